The predicted octanol–water partition coefficient (Wildman–Crippen LogP) is 2.65. The molecule has 1 aliphatic heterocycles. The van der Waals surface area contributed by atoms with Gasteiger partial charge in [-0.15, -0.1) is 0 Å². The van der Waals surface area contributed by atoms with Crippen molar-refractivity contribution < 1.29 is 9.32 Å². The van der Waals surface area contributed by atoms with Crippen molar-refractivity contribution in [2.45, 2.75) is 52.5 Å². The lowest BCUT2D eigenvalue weighted by Crippen LogP contribution is -2.37. The summed E-state index contributed by atoms with van der Waals surface area (Å²) in [5.41, 5.74) is 3.22. The standard InChI is InChI=1S/C18H27N5O2/c1-11(2)13-8-17(25-21-13)20-16(24)10-23-7-6-15-14(9-23)19-18(12(3)4)22(15)5/h8,11-12H,6-7,9-10H2,1-5H3,(H,20,24). The van der Waals surface area contributed by atoms with Gasteiger partial charge >= 0.3 is 0 Å². The topological polar surface area (TPSA) is 76.2 Å². The molecule has 1 aliphatic rings. The largest absolute Gasteiger partial charge is 0.338 e. The fourth-order valence-corrected chi connectivity index (χ4v) is 3.25. The Kier molecular flexibility index (Phi) is 4.94. The van der Waals surface area contributed by atoms with Crippen molar-refractivity contribution >= 4 is 11.8 Å². The first kappa shape index (κ1) is 17.7. The molecule has 2 aromatic rings. The van der Waals surface area contributed by atoms with Crippen LogP contribution in [0.3, 0.4) is 0 Å². The Labute approximate surface area is 148 Å². The van der Waals surface area contributed by atoms with Crippen LogP contribution in [0, 0.1) is 0 Å². The van der Waals surface area contributed by atoms with Gasteiger partial charge in [-0.2, -0.15) is 0 Å². The second kappa shape index (κ2) is 7.00. The van der Waals surface area contributed by atoms with Crippen LogP contribution in [0.15, 0.2) is 10.6 Å². The van der Waals surface area contributed by atoms with Gasteiger partial charge in [-0.1, -0.05) is 32.9 Å². The van der Waals surface area contributed by atoms with Gasteiger partial charge < -0.3 is 9.09 Å². The Morgan fingerprint density at radius 3 is 2.72 bits per heavy atom. The van der Waals surface area contributed by atoms with Crippen LogP contribution < -0.4 is 5.32 Å². The highest BCUT2D eigenvalue weighted by Gasteiger charge is 2.25. The van der Waals surface area contributed by atoms with Gasteiger partial charge in [-0.25, -0.2) is 4.98 Å². The van der Waals surface area contributed by atoms with Gasteiger partial charge in [0, 0.05) is 44.2 Å². The number of fused-ring (bicyclic) bond motifs is 1. The van der Waals surface area contributed by atoms with E-state index in [2.05, 4.69) is 40.8 Å². The van der Waals surface area contributed by atoms with Crippen LogP contribution in [0.2, 0.25) is 0 Å². The zero-order chi connectivity index (χ0) is 18.1. The smallest absolute Gasteiger partial charge is 0.240 e. The van der Waals surface area contributed by atoms with Crippen molar-refractivity contribution in [1.29, 1.82) is 0 Å². The molecular formula is C18H27N5O2. The van der Waals surface area contributed by atoms with E-state index >= 15 is 0 Å². The highest BCUT2D eigenvalue weighted by atomic mass is 16.5. The van der Waals surface area contributed by atoms with E-state index in [0.29, 0.717) is 24.9 Å². The van der Waals surface area contributed by atoms with Crippen molar-refractivity contribution in [2.24, 2.45) is 7.05 Å². The lowest BCUT2D eigenvalue weighted by Gasteiger charge is -2.25. The molecule has 0 radical (unpaired) electrons. The first-order valence-corrected chi connectivity index (χ1v) is 8.88. The number of carbonyl (C=O) groups excluding carboxylic acids is 1. The predicted molar refractivity (Wildman–Crippen MR) is 95.5 cm³/mol. The molecule has 7 nitrogen and oxygen atoms in total. The molecule has 1 amide bonds. The van der Waals surface area contributed by atoms with Crippen molar-refractivity contribution in [3.8, 4) is 0 Å². The second-order valence-corrected chi connectivity index (χ2v) is 7.36. The van der Waals surface area contributed by atoms with Gasteiger partial charge in [-0.05, 0) is 5.92 Å². The first-order chi connectivity index (χ1) is 11.8. The SMILES string of the molecule is CC(C)c1cc(NC(=O)CN2CCc3c(nc(C(C)C)n3C)C2)on1. The maximum absolute atomic E-state index is 12.3. The summed E-state index contributed by atoms with van der Waals surface area (Å²) in [4.78, 5) is 19.2. The molecule has 0 bridgehead atoms. The molecule has 7 heteroatoms. The Bertz CT molecular complexity index is 760. The third-order valence-corrected chi connectivity index (χ3v) is 4.64. The van der Waals surface area contributed by atoms with Crippen molar-refractivity contribution in [3.05, 3.63) is 29.0 Å². The van der Waals surface area contributed by atoms with Crippen molar-refractivity contribution in [2.75, 3.05) is 18.4 Å². The molecule has 0 fully saturated rings. The number of amides is 1. The van der Waals surface area contributed by atoms with E-state index in [1.807, 2.05) is 13.8 Å². The van der Waals surface area contributed by atoms with Crippen LogP contribution >= 0.6 is 0 Å². The highest BCUT2D eigenvalue weighted by molar-refractivity contribution is 5.91. The minimum atomic E-state index is -0.0880. The van der Waals surface area contributed by atoms with Crippen molar-refractivity contribution in [3.63, 3.8) is 0 Å². The molecule has 3 rings (SSSR count). The average Bonchev–Trinajstić information content (AvgIpc) is 3.12. The zero-order valence-corrected chi connectivity index (χ0v) is 15.7. The lowest BCUT2D eigenvalue weighted by molar-refractivity contribution is -0.117. The van der Waals surface area contributed by atoms with Crippen LogP contribution in [0.5, 0.6) is 0 Å². The molecule has 0 spiro atoms. The summed E-state index contributed by atoms with van der Waals surface area (Å²) < 4.78 is 7.38. The van der Waals surface area contributed by atoms with Crippen LogP contribution in [0.25, 0.3) is 0 Å². The molecule has 0 unspecified atom stereocenters. The number of carbonyl (C=O) groups is 1. The van der Waals surface area contributed by atoms with E-state index in [1.165, 1.54) is 5.69 Å². The van der Waals surface area contributed by atoms with Gasteiger partial charge in [0.25, 0.3) is 0 Å². The maximum atomic E-state index is 12.3. The molecule has 0 saturated heterocycles. The van der Waals surface area contributed by atoms with Crippen LogP contribution in [0.1, 0.15) is 62.4 Å². The van der Waals surface area contributed by atoms with E-state index in [-0.39, 0.29) is 11.8 Å². The highest BCUT2D eigenvalue weighted by Crippen LogP contribution is 2.23. The third kappa shape index (κ3) is 3.76. The molecule has 0 atom stereocenters. The molecule has 1 N–H and O–H groups in total. The van der Waals surface area contributed by atoms with Gasteiger partial charge in [0.05, 0.1) is 17.9 Å². The normalized spacial score (nSPS) is 15.0. The molecule has 2 aromatic heterocycles. The Morgan fingerprint density at radius 1 is 1.32 bits per heavy atom. The number of nitrogens with one attached hydrogen (secondary N) is 1. The van der Waals surface area contributed by atoms with Gasteiger partial charge in [0.15, 0.2) is 0 Å². The summed E-state index contributed by atoms with van der Waals surface area (Å²) >= 11 is 0. The van der Waals surface area contributed by atoms with E-state index in [1.54, 1.807) is 6.07 Å². The second-order valence-electron chi connectivity index (χ2n) is 7.36. The van der Waals surface area contributed by atoms with Crippen molar-refractivity contribution in [1.82, 2.24) is 19.6 Å². The number of hydrogen-bond acceptors (Lipinski definition) is 5. The summed E-state index contributed by atoms with van der Waals surface area (Å²) in [6.07, 6.45) is 0.915. The lowest BCUT2D eigenvalue weighted by atomic mass is 10.1. The van der Waals surface area contributed by atoms with Gasteiger partial charge in [0.2, 0.25) is 11.8 Å². The summed E-state index contributed by atoms with van der Waals surface area (Å²) in [5, 5.41) is 6.75. The van der Waals surface area contributed by atoms with E-state index in [0.717, 1.165) is 30.2 Å². The van der Waals surface area contributed by atoms with E-state index in [4.69, 9.17) is 9.51 Å². The van der Waals surface area contributed by atoms with Crippen LogP contribution in [-0.4, -0.2) is 38.6 Å². The quantitative estimate of drug-likeness (QED) is 0.901. The number of rotatable bonds is 5. The van der Waals surface area contributed by atoms with Gasteiger partial charge in [-0.3, -0.25) is 15.0 Å². The first-order valence-electron chi connectivity index (χ1n) is 8.88. The molecular weight excluding hydrogens is 318 g/mol. The van der Waals surface area contributed by atoms with Crippen LogP contribution in [0.4, 0.5) is 5.88 Å². The summed E-state index contributed by atoms with van der Waals surface area (Å²) in [7, 11) is 2.08. The third-order valence-electron chi connectivity index (χ3n) is 4.64. The summed E-state index contributed by atoms with van der Waals surface area (Å²) in [6, 6.07) is 1.78. The fraction of sp³-hybridized carbons (Fsp3) is 0.611. The molecule has 3 heterocycles. The van der Waals surface area contributed by atoms with Gasteiger partial charge in [0.1, 0.15) is 5.82 Å². The Morgan fingerprint density at radius 2 is 2.08 bits per heavy atom. The monoisotopic (exact) mass is 345 g/mol. The maximum Gasteiger partial charge on any atom is 0.240 e. The zero-order valence-electron chi connectivity index (χ0n) is 15.7. The number of hydrogen-bond donors (Lipinski definition) is 1. The van der Waals surface area contributed by atoms with Crippen LogP contribution in [-0.2, 0) is 24.8 Å². The number of anilines is 1. The number of imidazole rings is 1. The summed E-state index contributed by atoms with van der Waals surface area (Å²) in [6.45, 7) is 10.3. The minimum Gasteiger partial charge on any atom is -0.338 e. The molecule has 0 saturated carbocycles. The van der Waals surface area contributed by atoms with E-state index < -0.39 is 0 Å². The molecule has 136 valence electrons. The molecule has 25 heavy (non-hydrogen) atoms. The number of nitrogens with zero attached hydrogens (tertiary/aromatic N) is 4. The average molecular weight is 345 g/mol. The minimum absolute atomic E-state index is 0.0880. The fourth-order valence-electron chi connectivity index (χ4n) is 3.25. The number of aromatic nitrogens is 3. The Balaban J connectivity index is 1.60. The summed E-state index contributed by atoms with van der Waals surface area (Å²) in [5.74, 6) is 2.10. The molecule has 0 aliphatic carbocycles. The van der Waals surface area contributed by atoms with E-state index in [9.17, 15) is 4.79 Å². The molecule has 0 aromatic carbocycles. The Hall–Kier alpha value is -2.15.